The number of hydrogen-bond donors (Lipinski definition) is 1. The van der Waals surface area contributed by atoms with E-state index in [-0.39, 0.29) is 23.3 Å². The normalized spacial score (nSPS) is 29.9. The molecule has 3 amide bonds. The van der Waals surface area contributed by atoms with Crippen LogP contribution in [0.5, 0.6) is 0 Å². The molecule has 1 saturated carbocycles. The Balaban J connectivity index is 1.49. The first-order valence-electron chi connectivity index (χ1n) is 11.4. The summed E-state index contributed by atoms with van der Waals surface area (Å²) in [6.45, 7) is 2.60. The maximum Gasteiger partial charge on any atom is 0.249 e. The molecular weight excluding hydrogens is 532 g/mol. The van der Waals surface area contributed by atoms with Gasteiger partial charge in [0.2, 0.25) is 18.2 Å². The first kappa shape index (κ1) is 23.6. The third-order valence-corrected chi connectivity index (χ3v) is 9.33. The van der Waals surface area contributed by atoms with Crippen molar-refractivity contribution in [3.63, 3.8) is 0 Å². The molecule has 1 aliphatic carbocycles. The molecule has 1 N–H and O–H groups in total. The highest BCUT2D eigenvalue weighted by atomic mass is 35.5. The molecule has 182 valence electrons. The highest BCUT2D eigenvalue weighted by molar-refractivity contribution is 6.38. The van der Waals surface area contributed by atoms with Crippen molar-refractivity contribution in [2.75, 3.05) is 16.8 Å². The predicted molar refractivity (Wildman–Crippen MR) is 136 cm³/mol. The Morgan fingerprint density at radius 1 is 1.09 bits per heavy atom. The van der Waals surface area contributed by atoms with E-state index in [9.17, 15) is 14.4 Å². The van der Waals surface area contributed by atoms with Gasteiger partial charge in [0, 0.05) is 39.1 Å². The Morgan fingerprint density at radius 2 is 1.74 bits per heavy atom. The van der Waals surface area contributed by atoms with Crippen LogP contribution in [0.15, 0.2) is 30.3 Å². The van der Waals surface area contributed by atoms with Gasteiger partial charge in [-0.2, -0.15) is 0 Å². The molecule has 4 aliphatic rings. The molecule has 0 aromatic heterocycles. The van der Waals surface area contributed by atoms with E-state index >= 15 is 0 Å². The lowest BCUT2D eigenvalue weighted by Gasteiger charge is -2.36. The molecule has 35 heavy (non-hydrogen) atoms. The highest BCUT2D eigenvalue weighted by Crippen LogP contribution is 2.66. The molecule has 10 heteroatoms. The predicted octanol–water partition coefficient (Wildman–Crippen LogP) is 5.76. The summed E-state index contributed by atoms with van der Waals surface area (Å²) in [5.74, 6) is -1.67. The molecule has 2 aromatic rings. The van der Waals surface area contributed by atoms with E-state index in [4.69, 9.17) is 46.4 Å². The average molecular weight is 553 g/mol. The van der Waals surface area contributed by atoms with Crippen LogP contribution in [0.25, 0.3) is 0 Å². The van der Waals surface area contributed by atoms with Gasteiger partial charge in [0.05, 0.1) is 22.3 Å². The molecule has 2 saturated heterocycles. The van der Waals surface area contributed by atoms with E-state index in [1.165, 1.54) is 18.2 Å². The Kier molecular flexibility index (Phi) is 5.27. The lowest BCUT2D eigenvalue weighted by molar-refractivity contribution is -0.129. The Labute approximate surface area is 222 Å². The fourth-order valence-electron chi connectivity index (χ4n) is 6.72. The zero-order valence-electron chi connectivity index (χ0n) is 18.7. The smallest absolute Gasteiger partial charge is 0.249 e. The van der Waals surface area contributed by atoms with E-state index in [2.05, 4.69) is 10.2 Å². The van der Waals surface area contributed by atoms with Crippen molar-refractivity contribution in [2.45, 2.75) is 37.8 Å². The third kappa shape index (κ3) is 3.23. The molecule has 3 heterocycles. The van der Waals surface area contributed by atoms with Gasteiger partial charge in [-0.05, 0) is 55.0 Å². The Morgan fingerprint density at radius 3 is 2.37 bits per heavy atom. The second kappa shape index (κ2) is 7.83. The SMILES string of the molecule is CC1C(C(=O)N(C=O)c2cc(Cl)cc(Cl)c2)C2CC3(CC3)CN2C12C(=O)Nc1c(Cl)cc(Cl)cc12. The number of amides is 3. The van der Waals surface area contributed by atoms with Crippen LogP contribution in [-0.4, -0.2) is 35.7 Å². The van der Waals surface area contributed by atoms with E-state index in [1.807, 2.05) is 6.92 Å². The maximum atomic E-state index is 14.1. The zero-order valence-corrected chi connectivity index (χ0v) is 21.7. The summed E-state index contributed by atoms with van der Waals surface area (Å²) >= 11 is 25.2. The van der Waals surface area contributed by atoms with Crippen LogP contribution in [0, 0.1) is 17.3 Å². The van der Waals surface area contributed by atoms with Crippen LogP contribution in [-0.2, 0) is 19.9 Å². The Bertz CT molecular complexity index is 1290. The van der Waals surface area contributed by atoms with Crippen LogP contribution < -0.4 is 10.2 Å². The summed E-state index contributed by atoms with van der Waals surface area (Å²) in [5.41, 5.74) is 0.497. The Hall–Kier alpha value is -1.83. The number of carbonyl (C=O) groups is 3. The molecule has 3 fully saturated rings. The van der Waals surface area contributed by atoms with Crippen molar-refractivity contribution in [3.8, 4) is 0 Å². The summed E-state index contributed by atoms with van der Waals surface area (Å²) in [4.78, 5) is 43.3. The number of carbonyl (C=O) groups excluding carboxylic acids is 3. The fourth-order valence-corrected chi connectivity index (χ4v) is 7.78. The third-order valence-electron chi connectivity index (χ3n) is 8.37. The number of imide groups is 1. The minimum absolute atomic E-state index is 0.0904. The van der Waals surface area contributed by atoms with E-state index in [0.717, 1.165) is 24.2 Å². The van der Waals surface area contributed by atoms with Gasteiger partial charge in [-0.3, -0.25) is 24.2 Å². The van der Waals surface area contributed by atoms with Crippen molar-refractivity contribution in [2.24, 2.45) is 17.3 Å². The minimum Gasteiger partial charge on any atom is -0.323 e. The first-order valence-corrected chi connectivity index (χ1v) is 12.9. The second-order valence-corrected chi connectivity index (χ2v) is 11.9. The van der Waals surface area contributed by atoms with Gasteiger partial charge in [-0.15, -0.1) is 0 Å². The van der Waals surface area contributed by atoms with Gasteiger partial charge in [-0.1, -0.05) is 53.3 Å². The van der Waals surface area contributed by atoms with Crippen molar-refractivity contribution >= 4 is 76.0 Å². The number of fused-ring (bicyclic) bond motifs is 4. The number of nitrogens with one attached hydrogen (secondary N) is 1. The second-order valence-electron chi connectivity index (χ2n) is 10.2. The molecule has 2 spiro atoms. The molecule has 2 aromatic carbocycles. The van der Waals surface area contributed by atoms with Gasteiger partial charge in [0.1, 0.15) is 5.54 Å². The summed E-state index contributed by atoms with van der Waals surface area (Å²) < 4.78 is 0. The number of nitrogens with zero attached hydrogens (tertiary/aromatic N) is 2. The van der Waals surface area contributed by atoms with Gasteiger partial charge < -0.3 is 5.32 Å². The highest BCUT2D eigenvalue weighted by Gasteiger charge is 2.72. The van der Waals surface area contributed by atoms with Crippen molar-refractivity contribution in [1.82, 2.24) is 4.90 Å². The van der Waals surface area contributed by atoms with E-state index in [0.29, 0.717) is 50.0 Å². The molecule has 6 nitrogen and oxygen atoms in total. The zero-order chi connectivity index (χ0) is 24.9. The van der Waals surface area contributed by atoms with Crippen LogP contribution >= 0.6 is 46.4 Å². The summed E-state index contributed by atoms with van der Waals surface area (Å²) in [7, 11) is 0. The summed E-state index contributed by atoms with van der Waals surface area (Å²) in [6.07, 6.45) is 3.38. The van der Waals surface area contributed by atoms with Crippen molar-refractivity contribution in [1.29, 1.82) is 0 Å². The molecule has 0 radical (unpaired) electrons. The van der Waals surface area contributed by atoms with Gasteiger partial charge in [-0.25, -0.2) is 0 Å². The largest absolute Gasteiger partial charge is 0.323 e. The molecule has 4 atom stereocenters. The first-order chi connectivity index (χ1) is 16.6. The topological polar surface area (TPSA) is 69.7 Å². The van der Waals surface area contributed by atoms with Crippen molar-refractivity contribution in [3.05, 3.63) is 56.0 Å². The number of anilines is 2. The minimum atomic E-state index is -1.11. The standard InChI is InChI=1S/C25H21Cl4N3O3/c1-12-20(22(34)31(11-33)16-5-13(26)4-14(27)6-16)19-9-24(2-3-24)10-32(19)25(12)17-7-15(28)8-18(29)21(17)30-23(25)35/h4-8,11-12,19-20H,2-3,9-10H2,1H3,(H,30,35). The molecular formula is C25H21Cl4N3O3. The number of halogens is 4. The average Bonchev–Trinajstić information content (AvgIpc) is 3.24. The molecule has 6 rings (SSSR count). The van der Waals surface area contributed by atoms with Gasteiger partial charge >= 0.3 is 0 Å². The number of hydrogen-bond acceptors (Lipinski definition) is 4. The summed E-state index contributed by atoms with van der Waals surface area (Å²) in [6, 6.07) is 7.75. The van der Waals surface area contributed by atoms with E-state index < -0.39 is 17.4 Å². The summed E-state index contributed by atoms with van der Waals surface area (Å²) in [5, 5.41) is 4.38. The van der Waals surface area contributed by atoms with Gasteiger partial charge in [0.25, 0.3) is 0 Å². The molecule has 3 aliphatic heterocycles. The number of benzene rings is 2. The number of rotatable bonds is 3. The van der Waals surface area contributed by atoms with Crippen LogP contribution in [0.3, 0.4) is 0 Å². The van der Waals surface area contributed by atoms with Crippen LogP contribution in [0.1, 0.15) is 31.7 Å². The van der Waals surface area contributed by atoms with Crippen LogP contribution in [0.2, 0.25) is 20.1 Å². The quantitative estimate of drug-likeness (QED) is 0.492. The monoisotopic (exact) mass is 551 g/mol. The lowest BCUT2D eigenvalue weighted by atomic mass is 9.74. The maximum absolute atomic E-state index is 14.1. The van der Waals surface area contributed by atoms with Crippen molar-refractivity contribution < 1.29 is 14.4 Å². The molecule has 0 bridgehead atoms. The van der Waals surface area contributed by atoms with Gasteiger partial charge in [0.15, 0.2) is 0 Å². The van der Waals surface area contributed by atoms with Crippen LogP contribution in [0.4, 0.5) is 11.4 Å². The lowest BCUT2D eigenvalue weighted by Crippen LogP contribution is -2.51. The van der Waals surface area contributed by atoms with E-state index in [1.54, 1.807) is 12.1 Å². The fraction of sp³-hybridized carbons (Fsp3) is 0.400. The molecule has 4 unspecified atom stereocenters.